The predicted molar refractivity (Wildman–Crippen MR) is 108 cm³/mol. The van der Waals surface area contributed by atoms with Gasteiger partial charge in [-0.15, -0.1) is 0 Å². The van der Waals surface area contributed by atoms with Crippen molar-refractivity contribution in [2.45, 2.75) is 31.7 Å². The number of nitrogens with zero attached hydrogens (tertiary/aromatic N) is 1. The summed E-state index contributed by atoms with van der Waals surface area (Å²) in [6.07, 6.45) is 5.00. The fourth-order valence-electron chi connectivity index (χ4n) is 4.03. The third-order valence-corrected chi connectivity index (χ3v) is 5.57. The van der Waals surface area contributed by atoms with Crippen molar-refractivity contribution in [1.82, 2.24) is 9.88 Å². The van der Waals surface area contributed by atoms with Crippen molar-refractivity contribution in [2.75, 3.05) is 13.7 Å². The second-order valence-corrected chi connectivity index (χ2v) is 7.31. The standard InChI is InChI=1S/C23H24N2O3/c1-25(21-12-6-8-16-7-2-3-10-19(16)21)22(26)15-28-23(27)13-17-14-24-20-11-5-4-9-18(17)20/h2-5,7,9-11,14,21,24H,6,8,12-13,15H2,1H3. The number of aromatic amines is 1. The van der Waals surface area contributed by atoms with Crippen molar-refractivity contribution >= 4 is 22.8 Å². The van der Waals surface area contributed by atoms with Gasteiger partial charge in [-0.25, -0.2) is 0 Å². The van der Waals surface area contributed by atoms with E-state index in [4.69, 9.17) is 4.74 Å². The molecule has 1 N–H and O–H groups in total. The monoisotopic (exact) mass is 376 g/mol. The number of H-pyrrole nitrogens is 1. The number of esters is 1. The maximum Gasteiger partial charge on any atom is 0.310 e. The van der Waals surface area contributed by atoms with Crippen molar-refractivity contribution in [3.8, 4) is 0 Å². The molecule has 28 heavy (non-hydrogen) atoms. The van der Waals surface area contributed by atoms with Crippen LogP contribution in [0.4, 0.5) is 0 Å². The van der Waals surface area contributed by atoms with Gasteiger partial charge in [0.1, 0.15) is 0 Å². The number of benzene rings is 2. The van der Waals surface area contributed by atoms with Crippen LogP contribution >= 0.6 is 0 Å². The molecule has 0 saturated carbocycles. The molecule has 1 aliphatic rings. The highest BCUT2D eigenvalue weighted by atomic mass is 16.5. The summed E-state index contributed by atoms with van der Waals surface area (Å²) in [4.78, 5) is 29.7. The molecule has 1 unspecified atom stereocenters. The van der Waals surface area contributed by atoms with E-state index in [2.05, 4.69) is 17.1 Å². The van der Waals surface area contributed by atoms with Crippen LogP contribution in [0.2, 0.25) is 0 Å². The predicted octanol–water partition coefficient (Wildman–Crippen LogP) is 3.79. The molecule has 4 rings (SSSR count). The molecule has 2 aromatic carbocycles. The minimum Gasteiger partial charge on any atom is -0.455 e. The fourth-order valence-corrected chi connectivity index (χ4v) is 4.03. The van der Waals surface area contributed by atoms with Crippen LogP contribution in [0.5, 0.6) is 0 Å². The number of ether oxygens (including phenoxy) is 1. The second kappa shape index (κ2) is 7.89. The molecule has 0 aliphatic heterocycles. The van der Waals surface area contributed by atoms with Gasteiger partial charge in [0.2, 0.25) is 0 Å². The van der Waals surface area contributed by atoms with Crippen LogP contribution < -0.4 is 0 Å². The second-order valence-electron chi connectivity index (χ2n) is 7.31. The van der Waals surface area contributed by atoms with Crippen molar-refractivity contribution in [2.24, 2.45) is 0 Å². The van der Waals surface area contributed by atoms with Crippen LogP contribution in [0, 0.1) is 0 Å². The highest BCUT2D eigenvalue weighted by molar-refractivity contribution is 5.88. The molecule has 144 valence electrons. The molecule has 0 saturated heterocycles. The molecule has 1 aromatic heterocycles. The Kier molecular flexibility index (Phi) is 5.15. The van der Waals surface area contributed by atoms with Gasteiger partial charge in [0.05, 0.1) is 12.5 Å². The third kappa shape index (κ3) is 3.65. The van der Waals surface area contributed by atoms with Gasteiger partial charge >= 0.3 is 5.97 Å². The van der Waals surface area contributed by atoms with Crippen LogP contribution in [0.15, 0.2) is 54.7 Å². The Hall–Kier alpha value is -3.08. The van der Waals surface area contributed by atoms with Gasteiger partial charge in [-0.2, -0.15) is 0 Å². The van der Waals surface area contributed by atoms with E-state index in [0.29, 0.717) is 0 Å². The lowest BCUT2D eigenvalue weighted by atomic mass is 9.87. The summed E-state index contributed by atoms with van der Waals surface area (Å²) < 4.78 is 5.28. The van der Waals surface area contributed by atoms with E-state index < -0.39 is 5.97 Å². The molecule has 0 radical (unpaired) electrons. The quantitative estimate of drug-likeness (QED) is 0.689. The lowest BCUT2D eigenvalue weighted by Gasteiger charge is -2.33. The maximum atomic E-state index is 12.6. The van der Waals surface area contributed by atoms with Crippen molar-refractivity contribution in [3.05, 3.63) is 71.4 Å². The Balaban J connectivity index is 1.36. The van der Waals surface area contributed by atoms with Crippen molar-refractivity contribution < 1.29 is 14.3 Å². The number of para-hydroxylation sites is 1. The number of aromatic nitrogens is 1. The topological polar surface area (TPSA) is 62.4 Å². The molecule has 0 fully saturated rings. The highest BCUT2D eigenvalue weighted by Gasteiger charge is 2.27. The van der Waals surface area contributed by atoms with E-state index in [1.54, 1.807) is 11.9 Å². The average molecular weight is 376 g/mol. The number of rotatable bonds is 5. The molecule has 0 bridgehead atoms. The zero-order valence-electron chi connectivity index (χ0n) is 16.0. The van der Waals surface area contributed by atoms with Gasteiger partial charge in [-0.1, -0.05) is 42.5 Å². The van der Waals surface area contributed by atoms with Gasteiger partial charge in [0.25, 0.3) is 5.91 Å². The molecule has 1 heterocycles. The van der Waals surface area contributed by atoms with Crippen LogP contribution in [0.1, 0.15) is 35.6 Å². The number of hydrogen-bond acceptors (Lipinski definition) is 3. The van der Waals surface area contributed by atoms with E-state index >= 15 is 0 Å². The summed E-state index contributed by atoms with van der Waals surface area (Å²) in [5.41, 5.74) is 4.36. The number of hydrogen-bond donors (Lipinski definition) is 1. The average Bonchev–Trinajstić information content (AvgIpc) is 3.14. The molecule has 1 amide bonds. The maximum absolute atomic E-state index is 12.6. The summed E-state index contributed by atoms with van der Waals surface area (Å²) in [5.74, 6) is -0.565. The normalized spacial score (nSPS) is 15.8. The van der Waals surface area contributed by atoms with Crippen molar-refractivity contribution in [1.29, 1.82) is 0 Å². The Labute approximate surface area is 164 Å². The number of carbonyl (C=O) groups excluding carboxylic acids is 2. The van der Waals surface area contributed by atoms with Gasteiger partial charge in [0, 0.05) is 24.1 Å². The minimum absolute atomic E-state index is 0.0461. The van der Waals surface area contributed by atoms with Gasteiger partial charge in [-0.3, -0.25) is 9.59 Å². The Bertz CT molecular complexity index is 1010. The lowest BCUT2D eigenvalue weighted by molar-refractivity contribution is -0.152. The third-order valence-electron chi connectivity index (χ3n) is 5.57. The van der Waals surface area contributed by atoms with Gasteiger partial charge in [-0.05, 0) is 42.0 Å². The summed E-state index contributed by atoms with van der Waals surface area (Å²) in [7, 11) is 1.79. The smallest absolute Gasteiger partial charge is 0.310 e. The van der Waals surface area contributed by atoms with Crippen LogP contribution in [-0.4, -0.2) is 35.4 Å². The van der Waals surface area contributed by atoms with E-state index in [1.165, 1.54) is 11.1 Å². The number of likely N-dealkylation sites (N-methyl/N-ethyl adjacent to an activating group) is 1. The number of fused-ring (bicyclic) bond motifs is 2. The summed E-state index contributed by atoms with van der Waals surface area (Å²) in [5, 5.41) is 1.00. The Morgan fingerprint density at radius 1 is 1.14 bits per heavy atom. The Morgan fingerprint density at radius 2 is 1.93 bits per heavy atom. The molecular formula is C23H24N2O3. The first-order valence-electron chi connectivity index (χ1n) is 9.67. The van der Waals surface area contributed by atoms with Crippen LogP contribution in [-0.2, 0) is 27.2 Å². The van der Waals surface area contributed by atoms with E-state index in [0.717, 1.165) is 35.7 Å². The zero-order chi connectivity index (χ0) is 19.5. The summed E-state index contributed by atoms with van der Waals surface area (Å²) in [6.45, 7) is -0.226. The van der Waals surface area contributed by atoms with E-state index in [-0.39, 0.29) is 25.0 Å². The molecule has 1 atom stereocenters. The van der Waals surface area contributed by atoms with Crippen LogP contribution in [0.3, 0.4) is 0 Å². The first kappa shape index (κ1) is 18.3. The Morgan fingerprint density at radius 3 is 2.82 bits per heavy atom. The molecule has 1 aliphatic carbocycles. The van der Waals surface area contributed by atoms with E-state index in [9.17, 15) is 9.59 Å². The summed E-state index contributed by atoms with van der Waals surface area (Å²) in [6, 6.07) is 16.1. The first-order valence-corrected chi connectivity index (χ1v) is 9.67. The number of aryl methyl sites for hydroxylation is 1. The molecule has 5 heteroatoms. The van der Waals surface area contributed by atoms with Gasteiger partial charge in [0.15, 0.2) is 6.61 Å². The number of carbonyl (C=O) groups is 2. The molecule has 0 spiro atoms. The van der Waals surface area contributed by atoms with E-state index in [1.807, 2.05) is 42.6 Å². The first-order chi connectivity index (χ1) is 13.6. The zero-order valence-corrected chi connectivity index (χ0v) is 16.0. The van der Waals surface area contributed by atoms with Gasteiger partial charge < -0.3 is 14.6 Å². The van der Waals surface area contributed by atoms with Crippen LogP contribution in [0.25, 0.3) is 10.9 Å². The number of amides is 1. The summed E-state index contributed by atoms with van der Waals surface area (Å²) >= 11 is 0. The molecular weight excluding hydrogens is 352 g/mol. The minimum atomic E-state index is -0.393. The molecule has 3 aromatic rings. The lowest BCUT2D eigenvalue weighted by Crippen LogP contribution is -2.36. The SMILES string of the molecule is CN(C(=O)COC(=O)Cc1c[nH]c2ccccc12)C1CCCc2ccccc21. The largest absolute Gasteiger partial charge is 0.455 e. The van der Waals surface area contributed by atoms with Crippen molar-refractivity contribution in [3.63, 3.8) is 0 Å². The number of nitrogens with one attached hydrogen (secondary N) is 1. The highest BCUT2D eigenvalue weighted by Crippen LogP contribution is 2.33. The fraction of sp³-hybridized carbons (Fsp3) is 0.304. The molecule has 5 nitrogen and oxygen atoms in total.